The van der Waals surface area contributed by atoms with E-state index in [1.807, 2.05) is 31.2 Å². The van der Waals surface area contributed by atoms with Gasteiger partial charge in [-0.3, -0.25) is 4.79 Å². The van der Waals surface area contributed by atoms with Crippen LogP contribution in [-0.4, -0.2) is 19.2 Å². The number of hydrogen-bond acceptors (Lipinski definition) is 4. The predicted molar refractivity (Wildman–Crippen MR) is 79.7 cm³/mol. The number of ether oxygens (including phenoxy) is 2. The predicted octanol–water partition coefficient (Wildman–Crippen LogP) is 3.26. The molecule has 4 nitrogen and oxygen atoms in total. The molecule has 0 aromatic heterocycles. The quantitative estimate of drug-likeness (QED) is 0.779. The molecule has 1 aromatic rings. The van der Waals surface area contributed by atoms with Crippen LogP contribution in [0.2, 0.25) is 0 Å². The number of nitrogens with zero attached hydrogens (tertiary/aromatic N) is 1. The van der Waals surface area contributed by atoms with Gasteiger partial charge in [0.05, 0.1) is 7.11 Å². The third-order valence-electron chi connectivity index (χ3n) is 3.51. The fourth-order valence-electron chi connectivity index (χ4n) is 2.46. The Balaban J connectivity index is 2.29. The van der Waals surface area contributed by atoms with E-state index in [1.165, 1.54) is 0 Å². The zero-order valence-electron chi connectivity index (χ0n) is 12.4. The molecule has 0 saturated carbocycles. The average Bonchev–Trinajstić information content (AvgIpc) is 2.52. The molecule has 0 aliphatic heterocycles. The largest absolute Gasteiger partial charge is 0.497 e. The van der Waals surface area contributed by atoms with Gasteiger partial charge in [-0.15, -0.1) is 0 Å². The minimum absolute atomic E-state index is 0.330. The van der Waals surface area contributed by atoms with Gasteiger partial charge in [0.2, 0.25) is 6.10 Å². The molecule has 0 spiro atoms. The van der Waals surface area contributed by atoms with Gasteiger partial charge in [-0.25, -0.2) is 0 Å². The number of benzene rings is 1. The molecule has 0 heterocycles. The number of carbonyl (C=O) groups is 1. The molecule has 0 amide bonds. The number of esters is 1. The lowest BCUT2D eigenvalue weighted by atomic mass is 9.88. The first-order chi connectivity index (χ1) is 10.2. The van der Waals surface area contributed by atoms with Crippen LogP contribution in [-0.2, 0) is 16.0 Å². The van der Waals surface area contributed by atoms with Crippen molar-refractivity contribution in [1.82, 2.24) is 0 Å². The van der Waals surface area contributed by atoms with Gasteiger partial charge in [0.1, 0.15) is 11.8 Å². The molecule has 0 N–H and O–H groups in total. The Morgan fingerprint density at radius 3 is 2.95 bits per heavy atom. The molecule has 1 aliphatic rings. The number of methoxy groups -OCH3 is 1. The number of hydrogen-bond donors (Lipinski definition) is 0. The third kappa shape index (κ3) is 3.43. The number of nitriles is 1. The van der Waals surface area contributed by atoms with Crippen LogP contribution in [0.25, 0.3) is 5.57 Å². The van der Waals surface area contributed by atoms with Crippen LogP contribution in [0.4, 0.5) is 0 Å². The molecule has 1 unspecified atom stereocenters. The Morgan fingerprint density at radius 1 is 1.48 bits per heavy atom. The average molecular weight is 285 g/mol. The Kier molecular flexibility index (Phi) is 4.99. The summed E-state index contributed by atoms with van der Waals surface area (Å²) in [7, 11) is 1.61. The molecule has 0 radical (unpaired) electrons. The monoisotopic (exact) mass is 285 g/mol. The molecule has 2 rings (SSSR count). The highest BCUT2D eigenvalue weighted by atomic mass is 16.5. The van der Waals surface area contributed by atoms with Crippen LogP contribution in [0.15, 0.2) is 24.3 Å². The lowest BCUT2D eigenvalue weighted by Gasteiger charge is -2.22. The number of carbonyl (C=O) groups excluding carboxylic acids is 1. The zero-order valence-corrected chi connectivity index (χ0v) is 12.4. The molecular weight excluding hydrogens is 266 g/mol. The smallest absolute Gasteiger partial charge is 0.307 e. The van der Waals surface area contributed by atoms with Crippen molar-refractivity contribution >= 4 is 11.5 Å². The lowest BCUT2D eigenvalue weighted by molar-refractivity contribution is -0.144. The second-order valence-electron chi connectivity index (χ2n) is 4.97. The van der Waals surface area contributed by atoms with Gasteiger partial charge in [0.15, 0.2) is 0 Å². The minimum Gasteiger partial charge on any atom is -0.497 e. The van der Waals surface area contributed by atoms with Gasteiger partial charge in [0.25, 0.3) is 0 Å². The number of allylic oxidation sites excluding steroid dienone is 1. The maximum absolute atomic E-state index is 11.7. The van der Waals surface area contributed by atoms with Crippen molar-refractivity contribution in [1.29, 1.82) is 5.26 Å². The summed E-state index contributed by atoms with van der Waals surface area (Å²) in [6, 6.07) is 7.90. The topological polar surface area (TPSA) is 59.3 Å². The van der Waals surface area contributed by atoms with Crippen LogP contribution in [0.1, 0.15) is 37.3 Å². The molecule has 1 aliphatic carbocycles. The van der Waals surface area contributed by atoms with E-state index in [0.29, 0.717) is 12.8 Å². The summed E-state index contributed by atoms with van der Waals surface area (Å²) in [6.07, 6.45) is 3.93. The molecule has 21 heavy (non-hydrogen) atoms. The van der Waals surface area contributed by atoms with Crippen LogP contribution < -0.4 is 4.74 Å². The van der Waals surface area contributed by atoms with E-state index in [1.54, 1.807) is 7.11 Å². The van der Waals surface area contributed by atoms with Gasteiger partial charge in [-0.1, -0.05) is 19.1 Å². The summed E-state index contributed by atoms with van der Waals surface area (Å²) in [5.74, 6) is 0.401. The molecule has 1 atom stereocenters. The Morgan fingerprint density at radius 2 is 2.29 bits per heavy atom. The molecule has 110 valence electrons. The SMILES string of the molecule is CCCC(=O)OC(C#N)C1=CCCc2ccc(OC)cc21. The number of fused-ring (bicyclic) bond motifs is 1. The highest BCUT2D eigenvalue weighted by Gasteiger charge is 2.24. The normalized spacial score (nSPS) is 14.4. The van der Waals surface area contributed by atoms with Crippen LogP contribution in [0, 0.1) is 11.3 Å². The summed E-state index contributed by atoms with van der Waals surface area (Å²) in [5.41, 5.74) is 2.86. The van der Waals surface area contributed by atoms with Crippen molar-refractivity contribution in [2.24, 2.45) is 0 Å². The van der Waals surface area contributed by atoms with Gasteiger partial charge in [-0.05, 0) is 42.5 Å². The second kappa shape index (κ2) is 6.94. The molecule has 0 saturated heterocycles. The third-order valence-corrected chi connectivity index (χ3v) is 3.51. The zero-order chi connectivity index (χ0) is 15.2. The molecular formula is C17H19NO3. The Hall–Kier alpha value is -2.28. The van der Waals surface area contributed by atoms with Crippen molar-refractivity contribution < 1.29 is 14.3 Å². The van der Waals surface area contributed by atoms with Gasteiger partial charge < -0.3 is 9.47 Å². The van der Waals surface area contributed by atoms with Crippen molar-refractivity contribution in [3.05, 3.63) is 35.4 Å². The first-order valence-electron chi connectivity index (χ1n) is 7.16. The van der Waals surface area contributed by atoms with Crippen molar-refractivity contribution in [3.8, 4) is 11.8 Å². The number of aryl methyl sites for hydroxylation is 1. The first kappa shape index (κ1) is 15.1. The Bertz CT molecular complexity index is 599. The van der Waals surface area contributed by atoms with Crippen molar-refractivity contribution in [3.63, 3.8) is 0 Å². The maximum atomic E-state index is 11.7. The van der Waals surface area contributed by atoms with E-state index in [0.717, 1.165) is 35.3 Å². The molecule has 0 bridgehead atoms. The summed E-state index contributed by atoms with van der Waals surface area (Å²) in [6.45, 7) is 1.91. The molecule has 0 fully saturated rings. The fraction of sp³-hybridized carbons (Fsp3) is 0.412. The summed E-state index contributed by atoms with van der Waals surface area (Å²) >= 11 is 0. The minimum atomic E-state index is -0.852. The van der Waals surface area contributed by atoms with Gasteiger partial charge >= 0.3 is 5.97 Å². The van der Waals surface area contributed by atoms with Gasteiger partial charge in [-0.2, -0.15) is 5.26 Å². The van der Waals surface area contributed by atoms with E-state index >= 15 is 0 Å². The Labute approximate surface area is 125 Å². The highest BCUT2D eigenvalue weighted by Crippen LogP contribution is 2.32. The standard InChI is InChI=1S/C17H19NO3/c1-3-5-17(19)21-16(11-18)14-7-4-6-12-8-9-13(20-2)10-15(12)14/h7-10,16H,3-6H2,1-2H3. The van der Waals surface area contributed by atoms with Gasteiger partial charge in [0, 0.05) is 12.0 Å². The number of rotatable bonds is 5. The highest BCUT2D eigenvalue weighted by molar-refractivity contribution is 5.79. The first-order valence-corrected chi connectivity index (χ1v) is 7.16. The van der Waals surface area contributed by atoms with E-state index in [4.69, 9.17) is 9.47 Å². The summed E-state index contributed by atoms with van der Waals surface area (Å²) < 4.78 is 10.5. The van der Waals surface area contributed by atoms with Crippen LogP contribution >= 0.6 is 0 Å². The molecule has 1 aromatic carbocycles. The fourth-order valence-corrected chi connectivity index (χ4v) is 2.46. The van der Waals surface area contributed by atoms with Crippen molar-refractivity contribution in [2.45, 2.75) is 38.7 Å². The van der Waals surface area contributed by atoms with E-state index in [2.05, 4.69) is 6.07 Å². The summed E-state index contributed by atoms with van der Waals surface area (Å²) in [4.78, 5) is 11.7. The summed E-state index contributed by atoms with van der Waals surface area (Å²) in [5, 5.41) is 9.35. The van der Waals surface area contributed by atoms with E-state index in [9.17, 15) is 10.1 Å². The van der Waals surface area contributed by atoms with Crippen molar-refractivity contribution in [2.75, 3.05) is 7.11 Å². The molecule has 4 heteroatoms. The maximum Gasteiger partial charge on any atom is 0.307 e. The van der Waals surface area contributed by atoms with E-state index in [-0.39, 0.29) is 5.97 Å². The lowest BCUT2D eigenvalue weighted by Crippen LogP contribution is -2.20. The van der Waals surface area contributed by atoms with E-state index < -0.39 is 6.10 Å². The van der Waals surface area contributed by atoms with Crippen LogP contribution in [0.5, 0.6) is 5.75 Å². The second-order valence-corrected chi connectivity index (χ2v) is 4.97. The van der Waals surface area contributed by atoms with Crippen LogP contribution in [0.3, 0.4) is 0 Å².